The molecule has 0 saturated heterocycles. The molecule has 0 aliphatic carbocycles. The molecular formula is C16H30O3. The maximum Gasteiger partial charge on any atom is 0.132 e. The molecule has 0 aromatic carbocycles. The van der Waals surface area contributed by atoms with Gasteiger partial charge in [0.05, 0.1) is 0 Å². The average molecular weight is 270 g/mol. The normalized spacial score (nSPS) is 10.6. The van der Waals surface area contributed by atoms with Gasteiger partial charge in [-0.05, 0) is 25.7 Å². The van der Waals surface area contributed by atoms with Crippen molar-refractivity contribution in [2.75, 3.05) is 13.2 Å². The smallest absolute Gasteiger partial charge is 0.132 e. The molecule has 0 spiro atoms. The first-order chi connectivity index (χ1) is 9.20. The Labute approximate surface area is 118 Å². The maximum absolute atomic E-state index is 11.4. The van der Waals surface area contributed by atoms with E-state index in [2.05, 4.69) is 13.8 Å². The molecule has 0 bridgehead atoms. The van der Waals surface area contributed by atoms with E-state index < -0.39 is 0 Å². The lowest BCUT2D eigenvalue weighted by atomic mass is 10.1. The van der Waals surface area contributed by atoms with Gasteiger partial charge in [0.25, 0.3) is 0 Å². The first-order valence-electron chi connectivity index (χ1n) is 7.81. The van der Waals surface area contributed by atoms with Crippen LogP contribution in [0.1, 0.15) is 78.1 Å². The second-order valence-electron chi connectivity index (χ2n) is 5.10. The minimum absolute atomic E-state index is 0.347. The lowest BCUT2D eigenvalue weighted by Gasteiger charge is -2.04. The second-order valence-corrected chi connectivity index (χ2v) is 5.10. The van der Waals surface area contributed by atoms with Crippen LogP contribution in [0.2, 0.25) is 0 Å². The van der Waals surface area contributed by atoms with Crippen LogP contribution in [-0.2, 0) is 14.3 Å². The van der Waals surface area contributed by atoms with Gasteiger partial charge in [0, 0.05) is 38.9 Å². The van der Waals surface area contributed by atoms with Gasteiger partial charge in [-0.3, -0.25) is 9.59 Å². The minimum Gasteiger partial charge on any atom is -0.381 e. The Morgan fingerprint density at radius 2 is 1.05 bits per heavy atom. The van der Waals surface area contributed by atoms with Gasteiger partial charge in [-0.2, -0.15) is 0 Å². The molecule has 3 heteroatoms. The van der Waals surface area contributed by atoms with Crippen LogP contribution in [-0.4, -0.2) is 24.8 Å². The van der Waals surface area contributed by atoms with Gasteiger partial charge in [0.15, 0.2) is 0 Å². The van der Waals surface area contributed by atoms with Crippen LogP contribution in [0.4, 0.5) is 0 Å². The molecule has 0 amide bonds. The van der Waals surface area contributed by atoms with Crippen LogP contribution < -0.4 is 0 Å². The highest BCUT2D eigenvalue weighted by Gasteiger charge is 2.02. The number of Topliss-reactive ketones (excluding diaryl/α,β-unsaturated/α-hetero) is 2. The third-order valence-electron chi connectivity index (χ3n) is 3.11. The highest BCUT2D eigenvalue weighted by molar-refractivity contribution is 5.78. The average Bonchev–Trinajstić information content (AvgIpc) is 2.41. The Hall–Kier alpha value is -0.700. The first kappa shape index (κ1) is 18.3. The summed E-state index contributed by atoms with van der Waals surface area (Å²) in [6, 6.07) is 0. The van der Waals surface area contributed by atoms with Gasteiger partial charge in [0.2, 0.25) is 0 Å². The van der Waals surface area contributed by atoms with Crippen LogP contribution in [0.15, 0.2) is 0 Å². The summed E-state index contributed by atoms with van der Waals surface area (Å²) in [5, 5.41) is 0. The van der Waals surface area contributed by atoms with Crippen molar-refractivity contribution in [3.05, 3.63) is 0 Å². The van der Waals surface area contributed by atoms with Crippen molar-refractivity contribution in [1.82, 2.24) is 0 Å². The largest absolute Gasteiger partial charge is 0.381 e. The van der Waals surface area contributed by atoms with Crippen molar-refractivity contribution in [2.45, 2.75) is 78.1 Å². The van der Waals surface area contributed by atoms with Crippen molar-refractivity contribution in [3.63, 3.8) is 0 Å². The van der Waals surface area contributed by atoms with E-state index >= 15 is 0 Å². The molecule has 0 heterocycles. The number of hydrogen-bond donors (Lipinski definition) is 0. The Morgan fingerprint density at radius 1 is 0.684 bits per heavy atom. The highest BCUT2D eigenvalue weighted by Crippen LogP contribution is 2.03. The van der Waals surface area contributed by atoms with E-state index in [-0.39, 0.29) is 0 Å². The fourth-order valence-corrected chi connectivity index (χ4v) is 1.84. The molecule has 3 nitrogen and oxygen atoms in total. The molecule has 112 valence electrons. The number of hydrogen-bond acceptors (Lipinski definition) is 3. The minimum atomic E-state index is 0.347. The first-order valence-corrected chi connectivity index (χ1v) is 7.81. The molecule has 0 aromatic heterocycles. The quantitative estimate of drug-likeness (QED) is 0.447. The maximum atomic E-state index is 11.4. The lowest BCUT2D eigenvalue weighted by molar-refractivity contribution is -0.120. The van der Waals surface area contributed by atoms with Crippen LogP contribution in [0, 0.1) is 0 Å². The summed E-state index contributed by atoms with van der Waals surface area (Å²) >= 11 is 0. The zero-order valence-corrected chi connectivity index (χ0v) is 12.7. The van der Waals surface area contributed by atoms with E-state index in [4.69, 9.17) is 4.74 Å². The van der Waals surface area contributed by atoms with Crippen molar-refractivity contribution >= 4 is 11.6 Å². The van der Waals surface area contributed by atoms with Gasteiger partial charge in [0.1, 0.15) is 11.6 Å². The number of rotatable bonds is 14. The van der Waals surface area contributed by atoms with Gasteiger partial charge in [-0.25, -0.2) is 0 Å². The molecule has 0 radical (unpaired) electrons. The molecule has 0 fully saturated rings. The van der Waals surface area contributed by atoms with Crippen molar-refractivity contribution in [1.29, 1.82) is 0 Å². The number of carbonyl (C=O) groups excluding carboxylic acids is 2. The van der Waals surface area contributed by atoms with Crippen LogP contribution in [0.5, 0.6) is 0 Å². The molecule has 0 N–H and O–H groups in total. The van der Waals surface area contributed by atoms with Gasteiger partial charge >= 0.3 is 0 Å². The predicted molar refractivity (Wildman–Crippen MR) is 78.4 cm³/mol. The summed E-state index contributed by atoms with van der Waals surface area (Å²) in [5.74, 6) is 0.695. The highest BCUT2D eigenvalue weighted by atomic mass is 16.5. The zero-order chi connectivity index (χ0) is 14.3. The van der Waals surface area contributed by atoms with Crippen LogP contribution in [0.3, 0.4) is 0 Å². The molecule has 0 saturated carbocycles. The summed E-state index contributed by atoms with van der Waals surface area (Å²) in [6.45, 7) is 5.47. The molecule has 0 atom stereocenters. The number of unbranched alkanes of at least 4 members (excludes halogenated alkanes) is 2. The SMILES string of the molecule is CCCCC(=O)CCCOCCCC(=O)CCCC. The van der Waals surface area contributed by atoms with Gasteiger partial charge in [-0.1, -0.05) is 26.7 Å². The second kappa shape index (κ2) is 13.7. The number of carbonyl (C=O) groups is 2. The monoisotopic (exact) mass is 270 g/mol. The molecule has 0 unspecified atom stereocenters. The topological polar surface area (TPSA) is 43.4 Å². The van der Waals surface area contributed by atoms with E-state index in [0.29, 0.717) is 50.5 Å². The van der Waals surface area contributed by atoms with E-state index in [0.717, 1.165) is 38.5 Å². The van der Waals surface area contributed by atoms with Gasteiger partial charge in [-0.15, -0.1) is 0 Å². The standard InChI is InChI=1S/C16H30O3/c1-3-5-9-15(17)11-7-13-19-14-8-12-16(18)10-6-4-2/h3-14H2,1-2H3. The molecule has 0 aliphatic heterocycles. The van der Waals surface area contributed by atoms with Gasteiger partial charge < -0.3 is 4.74 Å². The Balaban J connectivity index is 3.22. The Kier molecular flexibility index (Phi) is 13.2. The summed E-state index contributed by atoms with van der Waals surface area (Å²) in [7, 11) is 0. The summed E-state index contributed by atoms with van der Waals surface area (Å²) in [5.41, 5.74) is 0. The summed E-state index contributed by atoms with van der Waals surface area (Å²) in [6.07, 6.45) is 8.47. The molecular weight excluding hydrogens is 240 g/mol. The number of ether oxygens (including phenoxy) is 1. The fraction of sp³-hybridized carbons (Fsp3) is 0.875. The summed E-state index contributed by atoms with van der Waals surface area (Å²) < 4.78 is 5.44. The third kappa shape index (κ3) is 13.5. The third-order valence-corrected chi connectivity index (χ3v) is 3.11. The van der Waals surface area contributed by atoms with Crippen LogP contribution >= 0.6 is 0 Å². The molecule has 0 rings (SSSR count). The Morgan fingerprint density at radius 3 is 1.42 bits per heavy atom. The van der Waals surface area contributed by atoms with E-state index in [1.165, 1.54) is 0 Å². The number of ketones is 2. The van der Waals surface area contributed by atoms with Crippen molar-refractivity contribution < 1.29 is 14.3 Å². The van der Waals surface area contributed by atoms with Crippen LogP contribution in [0.25, 0.3) is 0 Å². The summed E-state index contributed by atoms with van der Waals surface area (Å²) in [4.78, 5) is 22.8. The molecule has 19 heavy (non-hydrogen) atoms. The molecule has 0 aliphatic rings. The van der Waals surface area contributed by atoms with Crippen molar-refractivity contribution in [3.8, 4) is 0 Å². The van der Waals surface area contributed by atoms with E-state index in [9.17, 15) is 9.59 Å². The lowest BCUT2D eigenvalue weighted by Crippen LogP contribution is -2.04. The molecule has 0 aromatic rings. The van der Waals surface area contributed by atoms with E-state index in [1.807, 2.05) is 0 Å². The Bertz CT molecular complexity index is 212. The zero-order valence-electron chi connectivity index (χ0n) is 12.7. The fourth-order valence-electron chi connectivity index (χ4n) is 1.84. The predicted octanol–water partition coefficient (Wildman–Crippen LogP) is 4.08. The van der Waals surface area contributed by atoms with E-state index in [1.54, 1.807) is 0 Å². The van der Waals surface area contributed by atoms with Crippen molar-refractivity contribution in [2.24, 2.45) is 0 Å².